The Hall–Kier alpha value is -2.27. The predicted octanol–water partition coefficient (Wildman–Crippen LogP) is 2.72. The fraction of sp³-hybridized carbons (Fsp3) is 0.0667. The highest BCUT2D eigenvalue weighted by molar-refractivity contribution is 7.80. The van der Waals surface area contributed by atoms with Crippen molar-refractivity contribution in [2.75, 3.05) is 0 Å². The van der Waals surface area contributed by atoms with E-state index in [1.807, 2.05) is 12.1 Å². The summed E-state index contributed by atoms with van der Waals surface area (Å²) in [6.07, 6.45) is 0. The first-order valence-corrected chi connectivity index (χ1v) is 7.04. The third-order valence-corrected chi connectivity index (χ3v) is 3.38. The van der Waals surface area contributed by atoms with E-state index in [4.69, 9.17) is 4.28 Å². The molecule has 0 saturated carbocycles. The number of rotatable bonds is 5. The van der Waals surface area contributed by atoms with Crippen LogP contribution in [0, 0.1) is 0 Å². The Kier molecular flexibility index (Phi) is 4.79. The van der Waals surface area contributed by atoms with E-state index in [1.165, 1.54) is 6.92 Å². The molecule has 0 aromatic heterocycles. The Morgan fingerprint density at radius 3 is 2.10 bits per heavy atom. The minimum Gasteiger partial charge on any atom is -0.293 e. The zero-order valence-corrected chi connectivity index (χ0v) is 11.7. The van der Waals surface area contributed by atoms with Gasteiger partial charge < -0.3 is 0 Å². The molecular formula is C15H13NO3S. The summed E-state index contributed by atoms with van der Waals surface area (Å²) in [5.41, 5.74) is 0.778. The number of nitrogens with zero attached hydrogens (tertiary/aromatic N) is 1. The van der Waals surface area contributed by atoms with Gasteiger partial charge in [0.25, 0.3) is 11.1 Å². The number of oxime groups is 1. The molecule has 0 amide bonds. The Morgan fingerprint density at radius 1 is 1.00 bits per heavy atom. The van der Waals surface area contributed by atoms with Gasteiger partial charge in [0, 0.05) is 12.5 Å². The second kappa shape index (κ2) is 6.77. The van der Waals surface area contributed by atoms with Gasteiger partial charge in [-0.3, -0.25) is 9.08 Å². The monoisotopic (exact) mass is 287 g/mol. The molecule has 0 fully saturated rings. The number of benzene rings is 2. The largest absolute Gasteiger partial charge is 0.293 e. The van der Waals surface area contributed by atoms with E-state index >= 15 is 0 Å². The van der Waals surface area contributed by atoms with Crippen LogP contribution in [0.25, 0.3) is 0 Å². The highest BCUT2D eigenvalue weighted by Gasteiger charge is 2.11. The van der Waals surface area contributed by atoms with Crippen molar-refractivity contribution in [1.29, 1.82) is 0 Å². The summed E-state index contributed by atoms with van der Waals surface area (Å²) in [7, 11) is 0. The number of ketones is 1. The summed E-state index contributed by atoms with van der Waals surface area (Å²) in [5.74, 6) is -0.249. The molecule has 0 N–H and O–H groups in total. The van der Waals surface area contributed by atoms with Gasteiger partial charge in [-0.1, -0.05) is 53.7 Å². The number of hydrogen-bond donors (Lipinski definition) is 0. The molecule has 1 unspecified atom stereocenters. The summed E-state index contributed by atoms with van der Waals surface area (Å²) in [4.78, 5) is 12.1. The van der Waals surface area contributed by atoms with Crippen LogP contribution >= 0.6 is 0 Å². The van der Waals surface area contributed by atoms with E-state index in [0.29, 0.717) is 10.5 Å². The van der Waals surface area contributed by atoms with E-state index in [1.54, 1.807) is 48.5 Å². The van der Waals surface area contributed by atoms with Crippen LogP contribution < -0.4 is 0 Å². The van der Waals surface area contributed by atoms with Crippen molar-refractivity contribution in [1.82, 2.24) is 0 Å². The topological polar surface area (TPSA) is 55.7 Å². The van der Waals surface area contributed by atoms with Crippen molar-refractivity contribution >= 4 is 22.6 Å². The van der Waals surface area contributed by atoms with Gasteiger partial charge >= 0.3 is 0 Å². The van der Waals surface area contributed by atoms with Gasteiger partial charge in [0.05, 0.1) is 4.90 Å². The van der Waals surface area contributed by atoms with E-state index in [2.05, 4.69) is 5.16 Å². The summed E-state index contributed by atoms with van der Waals surface area (Å²) >= 11 is -1.73. The molecule has 102 valence electrons. The van der Waals surface area contributed by atoms with Crippen molar-refractivity contribution < 1.29 is 13.3 Å². The molecule has 0 saturated heterocycles. The average molecular weight is 287 g/mol. The smallest absolute Gasteiger partial charge is 0.265 e. The van der Waals surface area contributed by atoms with Gasteiger partial charge in [-0.2, -0.15) is 0 Å². The van der Waals surface area contributed by atoms with Crippen LogP contribution in [-0.2, 0) is 20.2 Å². The third-order valence-electron chi connectivity index (χ3n) is 2.51. The quantitative estimate of drug-likeness (QED) is 0.627. The first-order chi connectivity index (χ1) is 9.68. The Balaban J connectivity index is 2.19. The molecule has 0 aliphatic carbocycles. The van der Waals surface area contributed by atoms with Crippen molar-refractivity contribution in [2.24, 2.45) is 5.16 Å². The van der Waals surface area contributed by atoms with Gasteiger partial charge in [0.2, 0.25) is 0 Å². The molecule has 0 aliphatic rings. The summed E-state index contributed by atoms with van der Waals surface area (Å²) < 4.78 is 16.8. The maximum Gasteiger partial charge on any atom is 0.265 e. The zero-order chi connectivity index (χ0) is 14.4. The molecule has 2 aromatic carbocycles. The SMILES string of the molecule is CC(=O)C(=NOS(=O)c1ccccc1)c1ccccc1. The highest BCUT2D eigenvalue weighted by atomic mass is 32.2. The van der Waals surface area contributed by atoms with Crippen molar-refractivity contribution in [2.45, 2.75) is 11.8 Å². The van der Waals surface area contributed by atoms with Gasteiger partial charge in [0.15, 0.2) is 11.5 Å². The molecule has 0 bridgehead atoms. The van der Waals surface area contributed by atoms with Crippen LogP contribution in [0.3, 0.4) is 0 Å². The number of hydrogen-bond acceptors (Lipinski definition) is 4. The molecule has 1 atom stereocenters. The summed E-state index contributed by atoms with van der Waals surface area (Å²) in [6, 6.07) is 17.6. The normalized spacial score (nSPS) is 12.8. The summed E-state index contributed by atoms with van der Waals surface area (Å²) in [6.45, 7) is 1.39. The van der Waals surface area contributed by atoms with Crippen molar-refractivity contribution in [3.63, 3.8) is 0 Å². The van der Waals surface area contributed by atoms with Gasteiger partial charge in [-0.05, 0) is 12.1 Å². The lowest BCUT2D eigenvalue weighted by Crippen LogP contribution is -2.12. The van der Waals surface area contributed by atoms with Crippen LogP contribution in [0.4, 0.5) is 0 Å². The molecule has 20 heavy (non-hydrogen) atoms. The van der Waals surface area contributed by atoms with Crippen LogP contribution in [0.2, 0.25) is 0 Å². The predicted molar refractivity (Wildman–Crippen MR) is 77.6 cm³/mol. The van der Waals surface area contributed by atoms with Gasteiger partial charge in [-0.15, -0.1) is 0 Å². The maximum absolute atomic E-state index is 11.9. The van der Waals surface area contributed by atoms with Gasteiger partial charge in [0.1, 0.15) is 0 Å². The minimum absolute atomic E-state index is 0.148. The average Bonchev–Trinajstić information content (AvgIpc) is 2.49. The molecule has 0 spiro atoms. The lowest BCUT2D eigenvalue weighted by molar-refractivity contribution is -0.111. The molecule has 0 radical (unpaired) electrons. The van der Waals surface area contributed by atoms with Crippen LogP contribution in [0.5, 0.6) is 0 Å². The standard InChI is InChI=1S/C15H13NO3S/c1-12(17)15(13-8-4-2-5-9-13)16-19-20(18)14-10-6-3-7-11-14/h2-11H,1H3. The van der Waals surface area contributed by atoms with Crippen molar-refractivity contribution in [3.05, 3.63) is 66.2 Å². The van der Waals surface area contributed by atoms with Crippen LogP contribution in [0.1, 0.15) is 12.5 Å². The molecule has 2 aromatic rings. The molecule has 0 aliphatic heterocycles. The third kappa shape index (κ3) is 3.61. The van der Waals surface area contributed by atoms with Crippen LogP contribution in [-0.4, -0.2) is 15.7 Å². The lowest BCUT2D eigenvalue weighted by atomic mass is 10.1. The van der Waals surface area contributed by atoms with E-state index in [-0.39, 0.29) is 11.5 Å². The van der Waals surface area contributed by atoms with Crippen LogP contribution in [0.15, 0.2) is 70.7 Å². The minimum atomic E-state index is -1.73. The van der Waals surface area contributed by atoms with E-state index in [0.717, 1.165) is 0 Å². The number of Topliss-reactive ketones (excluding diaryl/α,β-unsaturated/α-hetero) is 1. The van der Waals surface area contributed by atoms with E-state index < -0.39 is 11.1 Å². The fourth-order valence-electron chi connectivity index (χ4n) is 1.56. The Bertz CT molecular complexity index is 639. The Morgan fingerprint density at radius 2 is 1.55 bits per heavy atom. The second-order valence-corrected chi connectivity index (χ2v) is 5.07. The number of carbonyl (C=O) groups is 1. The molecular weight excluding hydrogens is 274 g/mol. The molecule has 4 nitrogen and oxygen atoms in total. The number of carbonyl (C=O) groups excluding carboxylic acids is 1. The fourth-order valence-corrected chi connectivity index (χ4v) is 2.17. The van der Waals surface area contributed by atoms with Gasteiger partial charge in [-0.25, -0.2) is 4.21 Å². The highest BCUT2D eigenvalue weighted by Crippen LogP contribution is 2.09. The Labute approximate surface area is 119 Å². The molecule has 5 heteroatoms. The zero-order valence-electron chi connectivity index (χ0n) is 10.9. The summed E-state index contributed by atoms with van der Waals surface area (Å²) in [5, 5.41) is 3.74. The molecule has 2 rings (SSSR count). The first kappa shape index (κ1) is 14.1. The first-order valence-electron chi connectivity index (χ1n) is 5.97. The molecule has 0 heterocycles. The lowest BCUT2D eigenvalue weighted by Gasteiger charge is -2.03. The maximum atomic E-state index is 11.9. The van der Waals surface area contributed by atoms with Crippen molar-refractivity contribution in [3.8, 4) is 0 Å². The second-order valence-electron chi connectivity index (χ2n) is 3.98. The van der Waals surface area contributed by atoms with E-state index in [9.17, 15) is 9.00 Å².